The molecule has 0 spiro atoms. The molecule has 0 aliphatic heterocycles. The summed E-state index contributed by atoms with van der Waals surface area (Å²) in [7, 11) is 0. The lowest BCUT2D eigenvalue weighted by Gasteiger charge is -2.22. The van der Waals surface area contributed by atoms with Crippen molar-refractivity contribution in [1.82, 2.24) is 9.97 Å². The van der Waals surface area contributed by atoms with Gasteiger partial charge in [-0.05, 0) is 114 Å². The van der Waals surface area contributed by atoms with Crippen molar-refractivity contribution >= 4 is 10.8 Å². The molecule has 0 atom stereocenters. The van der Waals surface area contributed by atoms with Gasteiger partial charge in [-0.15, -0.1) is 0 Å². The quantitative estimate of drug-likeness (QED) is 0.201. The van der Waals surface area contributed by atoms with E-state index in [1.165, 1.54) is 60.8 Å². The van der Waals surface area contributed by atoms with Gasteiger partial charge in [0, 0.05) is 35.9 Å². The van der Waals surface area contributed by atoms with Crippen LogP contribution in [0.25, 0.3) is 88.7 Å². The zero-order chi connectivity index (χ0) is 30.5. The molecule has 9 rings (SSSR count). The predicted octanol–water partition coefficient (Wildman–Crippen LogP) is 11.6. The van der Waals surface area contributed by atoms with Crippen molar-refractivity contribution < 1.29 is 0 Å². The van der Waals surface area contributed by atoms with E-state index >= 15 is 0 Å². The van der Waals surface area contributed by atoms with Crippen molar-refractivity contribution in [3.8, 4) is 77.9 Å². The van der Waals surface area contributed by atoms with Crippen LogP contribution >= 0.6 is 0 Å². The molecule has 1 aliphatic carbocycles. The molecule has 0 saturated carbocycles. The second kappa shape index (κ2) is 10.8. The zero-order valence-corrected chi connectivity index (χ0v) is 25.1. The van der Waals surface area contributed by atoms with E-state index in [9.17, 15) is 0 Å². The molecule has 0 amide bonds. The molecule has 214 valence electrons. The topological polar surface area (TPSA) is 25.8 Å². The molecule has 0 bridgehead atoms. The van der Waals surface area contributed by atoms with Gasteiger partial charge in [0.25, 0.3) is 0 Å². The lowest BCUT2D eigenvalue weighted by Crippen LogP contribution is -1.95. The minimum Gasteiger partial charge on any atom is -0.264 e. The zero-order valence-electron chi connectivity index (χ0n) is 25.1. The Hall–Kier alpha value is -6.12. The van der Waals surface area contributed by atoms with E-state index in [0.29, 0.717) is 0 Å². The fraction of sp³-hybridized carbons (Fsp3) is 0. The maximum Gasteiger partial charge on any atom is 0.0346 e. The molecule has 1 aliphatic rings. The minimum absolute atomic E-state index is 1.08. The van der Waals surface area contributed by atoms with Crippen molar-refractivity contribution in [2.45, 2.75) is 0 Å². The first-order chi connectivity index (χ1) is 22.8. The summed E-state index contributed by atoms with van der Waals surface area (Å²) >= 11 is 0. The van der Waals surface area contributed by atoms with E-state index in [2.05, 4.69) is 143 Å². The van der Waals surface area contributed by atoms with Gasteiger partial charge in [0.05, 0.1) is 0 Å². The predicted molar refractivity (Wildman–Crippen MR) is 191 cm³/mol. The Labute approximate surface area is 268 Å². The number of benzene rings is 6. The third-order valence-electron chi connectivity index (χ3n) is 9.15. The lowest BCUT2D eigenvalue weighted by atomic mass is 9.81. The molecule has 0 radical (unpaired) electrons. The highest BCUT2D eigenvalue weighted by Gasteiger charge is 2.30. The van der Waals surface area contributed by atoms with Crippen LogP contribution in [0, 0.1) is 0 Å². The summed E-state index contributed by atoms with van der Waals surface area (Å²) in [5.41, 5.74) is 16.8. The van der Waals surface area contributed by atoms with Crippen LogP contribution in [-0.4, -0.2) is 9.97 Å². The Morgan fingerprint density at radius 2 is 0.826 bits per heavy atom. The Balaban J connectivity index is 1.44. The van der Waals surface area contributed by atoms with E-state index < -0.39 is 0 Å². The highest BCUT2D eigenvalue weighted by Crippen LogP contribution is 2.57. The van der Waals surface area contributed by atoms with Crippen LogP contribution in [0.2, 0.25) is 0 Å². The van der Waals surface area contributed by atoms with Gasteiger partial charge < -0.3 is 0 Å². The lowest BCUT2D eigenvalue weighted by molar-refractivity contribution is 1.32. The van der Waals surface area contributed by atoms with Crippen molar-refractivity contribution in [2.75, 3.05) is 0 Å². The molecule has 2 aromatic heterocycles. The van der Waals surface area contributed by atoms with Gasteiger partial charge >= 0.3 is 0 Å². The number of aromatic nitrogens is 2. The van der Waals surface area contributed by atoms with Crippen LogP contribution in [-0.2, 0) is 0 Å². The van der Waals surface area contributed by atoms with Crippen LogP contribution in [0.15, 0.2) is 170 Å². The van der Waals surface area contributed by atoms with Gasteiger partial charge in [0.1, 0.15) is 0 Å². The number of rotatable bonds is 5. The second-order valence-electron chi connectivity index (χ2n) is 11.8. The Morgan fingerprint density at radius 1 is 0.304 bits per heavy atom. The average molecular weight is 585 g/mol. The normalized spacial score (nSPS) is 11.5. The maximum atomic E-state index is 4.46. The van der Waals surface area contributed by atoms with Crippen LogP contribution in [0.4, 0.5) is 0 Å². The van der Waals surface area contributed by atoms with Crippen molar-refractivity contribution in [2.24, 2.45) is 0 Å². The Bertz CT molecular complexity index is 2320. The van der Waals surface area contributed by atoms with Gasteiger partial charge in [-0.25, -0.2) is 0 Å². The molecule has 0 unspecified atom stereocenters. The smallest absolute Gasteiger partial charge is 0.0346 e. The fourth-order valence-electron chi connectivity index (χ4n) is 7.15. The number of hydrogen-bond acceptors (Lipinski definition) is 2. The summed E-state index contributed by atoms with van der Waals surface area (Å²) in [4.78, 5) is 8.93. The highest BCUT2D eigenvalue weighted by molar-refractivity contribution is 6.22. The molecule has 6 aromatic carbocycles. The van der Waals surface area contributed by atoms with E-state index in [-0.39, 0.29) is 0 Å². The molecule has 46 heavy (non-hydrogen) atoms. The third kappa shape index (κ3) is 4.27. The molecule has 2 heterocycles. The van der Waals surface area contributed by atoms with E-state index in [0.717, 1.165) is 27.8 Å². The van der Waals surface area contributed by atoms with Gasteiger partial charge in [-0.1, -0.05) is 109 Å². The average Bonchev–Trinajstić information content (AvgIpc) is 3.48. The van der Waals surface area contributed by atoms with Gasteiger partial charge in [-0.3, -0.25) is 9.97 Å². The molecular weight excluding hydrogens is 556 g/mol. The van der Waals surface area contributed by atoms with Gasteiger partial charge in [0.2, 0.25) is 0 Å². The van der Waals surface area contributed by atoms with Crippen LogP contribution < -0.4 is 0 Å². The third-order valence-corrected chi connectivity index (χ3v) is 9.15. The Morgan fingerprint density at radius 3 is 1.41 bits per heavy atom. The minimum atomic E-state index is 1.08. The number of nitrogens with zero attached hydrogens (tertiary/aromatic N) is 2. The molecule has 0 N–H and O–H groups in total. The van der Waals surface area contributed by atoms with E-state index in [1.807, 2.05) is 36.9 Å². The largest absolute Gasteiger partial charge is 0.264 e. The fourth-order valence-corrected chi connectivity index (χ4v) is 7.15. The van der Waals surface area contributed by atoms with E-state index in [4.69, 9.17) is 0 Å². The first-order valence-electron chi connectivity index (χ1n) is 15.6. The number of fused-ring (bicyclic) bond motifs is 3. The summed E-state index contributed by atoms with van der Waals surface area (Å²) in [6.07, 6.45) is 7.54. The summed E-state index contributed by atoms with van der Waals surface area (Å²) in [6.45, 7) is 0. The van der Waals surface area contributed by atoms with Crippen LogP contribution in [0.1, 0.15) is 0 Å². The monoisotopic (exact) mass is 584 g/mol. The summed E-state index contributed by atoms with van der Waals surface area (Å²) in [5, 5.41) is 2.59. The molecule has 0 saturated heterocycles. The SMILES string of the molecule is c1ccc(-c2cc(-c3cc(-c4cccnc4)cc(-c4cccnc4)c3)c(-c3ccccc3)c3c2-c2cccc4cccc-3c24)cc1. The molecule has 2 heteroatoms. The first-order valence-corrected chi connectivity index (χ1v) is 15.6. The standard InChI is InChI=1S/C44H28N2/c1-3-11-29(12-4-1)39-26-40(36-24-34(32-17-9-21-45-27-32)23-35(25-36)33-18-10-22-46-28-33)42(31-13-5-2-6-14-31)44-38-20-8-16-30-15-7-19-37(41(30)38)43(39)44/h1-28H. The summed E-state index contributed by atoms with van der Waals surface area (Å²) < 4.78 is 0. The highest BCUT2D eigenvalue weighted by atomic mass is 14.6. The van der Waals surface area contributed by atoms with Crippen LogP contribution in [0.3, 0.4) is 0 Å². The molecular formula is C44H28N2. The first kappa shape index (κ1) is 26.3. The number of pyridine rings is 2. The van der Waals surface area contributed by atoms with Crippen molar-refractivity contribution in [3.63, 3.8) is 0 Å². The van der Waals surface area contributed by atoms with Crippen LogP contribution in [0.5, 0.6) is 0 Å². The number of hydrogen-bond donors (Lipinski definition) is 0. The molecule has 8 aromatic rings. The second-order valence-corrected chi connectivity index (χ2v) is 11.8. The summed E-state index contributed by atoms with van der Waals surface area (Å²) in [5.74, 6) is 0. The van der Waals surface area contributed by atoms with Crippen molar-refractivity contribution in [3.05, 3.63) is 170 Å². The summed E-state index contributed by atoms with van der Waals surface area (Å²) in [6, 6.07) is 52.8. The Kier molecular flexibility index (Phi) is 6.17. The van der Waals surface area contributed by atoms with E-state index in [1.54, 1.807) is 0 Å². The molecule has 0 fully saturated rings. The van der Waals surface area contributed by atoms with Gasteiger partial charge in [0.15, 0.2) is 0 Å². The molecule has 2 nitrogen and oxygen atoms in total. The maximum absolute atomic E-state index is 4.46. The van der Waals surface area contributed by atoms with Crippen molar-refractivity contribution in [1.29, 1.82) is 0 Å². The van der Waals surface area contributed by atoms with Gasteiger partial charge in [-0.2, -0.15) is 0 Å².